The number of nitrogens with one attached hydrogen (secondary N) is 1. The lowest BCUT2D eigenvalue weighted by Crippen LogP contribution is -2.14. The summed E-state index contributed by atoms with van der Waals surface area (Å²) in [6, 6.07) is 10.8. The number of halogens is 1. The van der Waals surface area contributed by atoms with Crippen LogP contribution in [0.15, 0.2) is 51.8 Å². The van der Waals surface area contributed by atoms with Crippen molar-refractivity contribution in [2.24, 2.45) is 0 Å². The molecule has 2 aromatic rings. The monoisotopic (exact) mass is 439 g/mol. The molecule has 0 saturated carbocycles. The maximum Gasteiger partial charge on any atom is 0.259 e. The van der Waals surface area contributed by atoms with Gasteiger partial charge in [-0.2, -0.15) is 0 Å². The zero-order chi connectivity index (χ0) is 19.2. The van der Waals surface area contributed by atoms with Gasteiger partial charge in [0.25, 0.3) is 5.91 Å². The number of amides is 1. The van der Waals surface area contributed by atoms with Crippen molar-refractivity contribution in [1.29, 1.82) is 0 Å². The van der Waals surface area contributed by atoms with Gasteiger partial charge in [0.2, 0.25) is 0 Å². The Labute approximate surface area is 162 Å². The lowest BCUT2D eigenvalue weighted by Gasteiger charge is -2.10. The van der Waals surface area contributed by atoms with E-state index in [1.54, 1.807) is 24.3 Å². The van der Waals surface area contributed by atoms with Crippen molar-refractivity contribution >= 4 is 37.4 Å². The predicted octanol–water partition coefficient (Wildman–Crippen LogP) is 4.76. The van der Waals surface area contributed by atoms with Gasteiger partial charge in [0.15, 0.2) is 9.84 Å². The molecule has 2 rings (SSSR count). The fourth-order valence-electron chi connectivity index (χ4n) is 2.46. The number of phenolic OH excluding ortho intramolecular Hbond substituents is 1. The van der Waals surface area contributed by atoms with Crippen LogP contribution in [0.4, 0.5) is 5.69 Å². The van der Waals surface area contributed by atoms with Crippen LogP contribution < -0.4 is 5.32 Å². The minimum absolute atomic E-state index is 0.0333. The Morgan fingerprint density at radius 1 is 1.08 bits per heavy atom. The molecule has 5 nitrogen and oxygen atoms in total. The van der Waals surface area contributed by atoms with Crippen LogP contribution in [0.5, 0.6) is 5.75 Å². The minimum atomic E-state index is -3.49. The van der Waals surface area contributed by atoms with E-state index < -0.39 is 15.7 Å². The zero-order valence-electron chi connectivity index (χ0n) is 14.5. The molecular formula is C19H22BrNO4S. The summed E-state index contributed by atoms with van der Waals surface area (Å²) in [7, 11) is -3.49. The predicted molar refractivity (Wildman–Crippen MR) is 106 cm³/mol. The van der Waals surface area contributed by atoms with Crippen molar-refractivity contribution < 1.29 is 18.3 Å². The number of carbonyl (C=O) groups excluding carboxylic acids is 1. The van der Waals surface area contributed by atoms with Gasteiger partial charge in [-0.05, 0) is 48.9 Å². The quantitative estimate of drug-likeness (QED) is 0.580. The van der Waals surface area contributed by atoms with Gasteiger partial charge in [0.1, 0.15) is 5.75 Å². The van der Waals surface area contributed by atoms with Crippen LogP contribution in [0.1, 0.15) is 43.0 Å². The fraction of sp³-hybridized carbons (Fsp3) is 0.316. The van der Waals surface area contributed by atoms with Gasteiger partial charge in [-0.3, -0.25) is 4.79 Å². The molecule has 0 atom stereocenters. The summed E-state index contributed by atoms with van der Waals surface area (Å²) >= 11 is 3.31. The molecule has 1 amide bonds. The maximum absolute atomic E-state index is 12.5. The van der Waals surface area contributed by atoms with E-state index in [0.29, 0.717) is 12.1 Å². The largest absolute Gasteiger partial charge is 0.507 e. The topological polar surface area (TPSA) is 83.5 Å². The molecule has 0 bridgehead atoms. The summed E-state index contributed by atoms with van der Waals surface area (Å²) < 4.78 is 25.8. The molecular weight excluding hydrogens is 418 g/mol. The highest BCUT2D eigenvalue weighted by atomic mass is 79.9. The average molecular weight is 440 g/mol. The van der Waals surface area contributed by atoms with Crippen molar-refractivity contribution in [2.45, 2.75) is 37.5 Å². The third kappa shape index (κ3) is 5.57. The molecule has 7 heteroatoms. The normalized spacial score (nSPS) is 11.3. The highest BCUT2D eigenvalue weighted by molar-refractivity contribution is 9.10. The standard InChI is InChI=1S/C19H22BrNO4S/c1-2-3-4-5-12-26(24,25)16-10-11-18(22)17(13-16)19(23)21-15-8-6-14(20)7-9-15/h6-11,13,22H,2-5,12H2,1H3,(H,21,23). The molecule has 0 aromatic heterocycles. The Kier molecular flexibility index (Phi) is 7.23. The second-order valence-corrected chi connectivity index (χ2v) is 9.04. The number of anilines is 1. The van der Waals surface area contributed by atoms with E-state index in [-0.39, 0.29) is 22.0 Å². The Morgan fingerprint density at radius 3 is 2.42 bits per heavy atom. The number of unbranched alkanes of at least 4 members (excludes halogenated alkanes) is 3. The van der Waals surface area contributed by atoms with Crippen LogP contribution in [0.2, 0.25) is 0 Å². The van der Waals surface area contributed by atoms with E-state index in [9.17, 15) is 18.3 Å². The van der Waals surface area contributed by atoms with Gasteiger partial charge in [0.05, 0.1) is 16.2 Å². The first kappa shape index (κ1) is 20.5. The smallest absolute Gasteiger partial charge is 0.259 e. The summed E-state index contributed by atoms with van der Waals surface area (Å²) in [5, 5.41) is 12.6. The zero-order valence-corrected chi connectivity index (χ0v) is 16.9. The summed E-state index contributed by atoms with van der Waals surface area (Å²) in [4.78, 5) is 12.5. The van der Waals surface area contributed by atoms with E-state index in [0.717, 1.165) is 23.7 Å². The van der Waals surface area contributed by atoms with E-state index in [1.165, 1.54) is 18.2 Å². The van der Waals surface area contributed by atoms with Gasteiger partial charge in [-0.25, -0.2) is 8.42 Å². The Balaban J connectivity index is 2.17. The number of carbonyl (C=O) groups is 1. The fourth-order valence-corrected chi connectivity index (χ4v) is 4.12. The maximum atomic E-state index is 12.5. The first-order chi connectivity index (χ1) is 12.3. The van der Waals surface area contributed by atoms with Crippen LogP contribution in [-0.4, -0.2) is 25.2 Å². The summed E-state index contributed by atoms with van der Waals surface area (Å²) in [6.07, 6.45) is 3.45. The minimum Gasteiger partial charge on any atom is -0.507 e. The molecule has 0 aliphatic heterocycles. The number of rotatable bonds is 8. The third-order valence-electron chi connectivity index (χ3n) is 3.94. The number of aromatic hydroxyl groups is 1. The number of sulfone groups is 1. The molecule has 0 aliphatic rings. The molecule has 0 fully saturated rings. The van der Waals surface area contributed by atoms with Gasteiger partial charge >= 0.3 is 0 Å². The van der Waals surface area contributed by atoms with Gasteiger partial charge in [0, 0.05) is 10.2 Å². The number of hydrogen-bond donors (Lipinski definition) is 2. The number of hydrogen-bond acceptors (Lipinski definition) is 4. The van der Waals surface area contributed by atoms with Gasteiger partial charge in [-0.1, -0.05) is 42.1 Å². The molecule has 0 radical (unpaired) electrons. The van der Waals surface area contributed by atoms with E-state index >= 15 is 0 Å². The Morgan fingerprint density at radius 2 is 1.77 bits per heavy atom. The summed E-state index contributed by atoms with van der Waals surface area (Å²) in [5.41, 5.74) is 0.480. The van der Waals surface area contributed by atoms with Crippen LogP contribution in [0, 0.1) is 0 Å². The van der Waals surface area contributed by atoms with E-state index in [1.807, 2.05) is 0 Å². The van der Waals surface area contributed by atoms with Gasteiger partial charge < -0.3 is 10.4 Å². The molecule has 26 heavy (non-hydrogen) atoms. The second-order valence-electron chi connectivity index (χ2n) is 6.02. The van der Waals surface area contributed by atoms with Crippen molar-refractivity contribution in [3.05, 3.63) is 52.5 Å². The van der Waals surface area contributed by atoms with E-state index in [4.69, 9.17) is 0 Å². The molecule has 0 saturated heterocycles. The summed E-state index contributed by atoms with van der Waals surface area (Å²) in [5.74, 6) is -0.789. The van der Waals surface area contributed by atoms with Crippen molar-refractivity contribution in [3.8, 4) is 5.75 Å². The molecule has 0 aliphatic carbocycles. The van der Waals surface area contributed by atoms with Crippen molar-refractivity contribution in [3.63, 3.8) is 0 Å². The van der Waals surface area contributed by atoms with Crippen LogP contribution in [0.25, 0.3) is 0 Å². The van der Waals surface area contributed by atoms with Crippen molar-refractivity contribution in [2.75, 3.05) is 11.1 Å². The van der Waals surface area contributed by atoms with E-state index in [2.05, 4.69) is 28.2 Å². The first-order valence-corrected chi connectivity index (χ1v) is 10.9. The summed E-state index contributed by atoms with van der Waals surface area (Å²) in [6.45, 7) is 2.06. The Bertz CT molecular complexity index is 864. The van der Waals surface area contributed by atoms with Crippen LogP contribution in [-0.2, 0) is 9.84 Å². The van der Waals surface area contributed by atoms with Crippen molar-refractivity contribution in [1.82, 2.24) is 0 Å². The highest BCUT2D eigenvalue weighted by Crippen LogP contribution is 2.24. The average Bonchev–Trinajstić information content (AvgIpc) is 2.61. The molecule has 0 unspecified atom stereocenters. The van der Waals surface area contributed by atoms with Crippen LogP contribution >= 0.6 is 15.9 Å². The second kappa shape index (κ2) is 9.19. The number of phenols is 1. The molecule has 0 heterocycles. The lowest BCUT2D eigenvalue weighted by molar-refractivity contribution is 0.102. The molecule has 140 valence electrons. The highest BCUT2D eigenvalue weighted by Gasteiger charge is 2.19. The third-order valence-corrected chi connectivity index (χ3v) is 6.27. The molecule has 2 aromatic carbocycles. The van der Waals surface area contributed by atoms with Crippen LogP contribution in [0.3, 0.4) is 0 Å². The lowest BCUT2D eigenvalue weighted by atomic mass is 10.2. The SMILES string of the molecule is CCCCCCS(=O)(=O)c1ccc(O)c(C(=O)Nc2ccc(Br)cc2)c1. The van der Waals surface area contributed by atoms with Gasteiger partial charge in [-0.15, -0.1) is 0 Å². The molecule has 2 N–H and O–H groups in total. The Hall–Kier alpha value is -1.86. The first-order valence-electron chi connectivity index (χ1n) is 8.46. The number of benzene rings is 2. The molecule has 0 spiro atoms.